The minimum absolute atomic E-state index is 0.187. The molecule has 1 aliphatic carbocycles. The van der Waals surface area contributed by atoms with Gasteiger partial charge in [-0.3, -0.25) is 4.79 Å². The highest BCUT2D eigenvalue weighted by Crippen LogP contribution is 2.47. The fourth-order valence-electron chi connectivity index (χ4n) is 3.24. The van der Waals surface area contributed by atoms with E-state index >= 15 is 0 Å². The second-order valence-corrected chi connectivity index (χ2v) is 7.79. The van der Waals surface area contributed by atoms with Gasteiger partial charge in [0.15, 0.2) is 10.8 Å². The van der Waals surface area contributed by atoms with Crippen LogP contribution in [-0.2, 0) is 9.59 Å². The molecule has 2 saturated heterocycles. The number of aliphatic carboxylic acids is 1. The van der Waals surface area contributed by atoms with Crippen LogP contribution in [0.4, 0.5) is 22.7 Å². The van der Waals surface area contributed by atoms with Crippen molar-refractivity contribution in [2.75, 3.05) is 31.1 Å². The molecule has 1 aromatic heterocycles. The molecule has 1 N–H and O–H groups in total. The molecule has 3 heterocycles. The summed E-state index contributed by atoms with van der Waals surface area (Å²) in [5, 5.41) is 10.2. The summed E-state index contributed by atoms with van der Waals surface area (Å²) >= 11 is 1.65. The molecule has 3 fully saturated rings. The molecule has 6 nitrogen and oxygen atoms in total. The van der Waals surface area contributed by atoms with E-state index in [1.807, 2.05) is 11.6 Å². The van der Waals surface area contributed by atoms with Crippen LogP contribution >= 0.6 is 11.3 Å². The van der Waals surface area contributed by atoms with Gasteiger partial charge in [-0.2, -0.15) is 13.2 Å². The molecule has 1 spiro atoms. The highest BCUT2D eigenvalue weighted by atomic mass is 32.1. The standard InChI is InChI=1S/C13H16FN3OS.C2HF3O2/c14-13(1-2-13)10(18)17-8-12(9-17)3-5-16(7-12)11-15-4-6-19-11;3-2(4,5)1(6)7/h4,6H,1-3,5,7-9H2;(H,6,7). The number of aromatic nitrogens is 1. The summed E-state index contributed by atoms with van der Waals surface area (Å²) < 4.78 is 45.5. The van der Waals surface area contributed by atoms with Gasteiger partial charge in [0.05, 0.1) is 0 Å². The molecule has 26 heavy (non-hydrogen) atoms. The molecule has 0 radical (unpaired) electrons. The van der Waals surface area contributed by atoms with Gasteiger partial charge in [0.1, 0.15) is 0 Å². The Hall–Kier alpha value is -1.91. The number of carbonyl (C=O) groups is 2. The van der Waals surface area contributed by atoms with Gasteiger partial charge in [-0.1, -0.05) is 0 Å². The number of carboxylic acids is 1. The van der Waals surface area contributed by atoms with Crippen molar-refractivity contribution in [1.29, 1.82) is 0 Å². The van der Waals surface area contributed by atoms with E-state index in [4.69, 9.17) is 9.90 Å². The molecule has 4 rings (SSSR count). The zero-order valence-electron chi connectivity index (χ0n) is 13.6. The summed E-state index contributed by atoms with van der Waals surface area (Å²) in [6, 6.07) is 0. The van der Waals surface area contributed by atoms with Crippen molar-refractivity contribution in [3.63, 3.8) is 0 Å². The van der Waals surface area contributed by atoms with E-state index in [0.29, 0.717) is 12.8 Å². The molecule has 0 bridgehead atoms. The third-order valence-corrected chi connectivity index (χ3v) is 5.61. The van der Waals surface area contributed by atoms with Gasteiger partial charge >= 0.3 is 12.1 Å². The molecule has 1 aromatic rings. The van der Waals surface area contributed by atoms with Gasteiger partial charge in [0.2, 0.25) is 0 Å². The number of alkyl halides is 4. The van der Waals surface area contributed by atoms with E-state index in [2.05, 4.69) is 9.88 Å². The fourth-order valence-corrected chi connectivity index (χ4v) is 3.91. The number of halogens is 4. The predicted octanol–water partition coefficient (Wildman–Crippen LogP) is 2.32. The number of hydrogen-bond donors (Lipinski definition) is 1. The molecule has 11 heteroatoms. The minimum Gasteiger partial charge on any atom is -0.475 e. The van der Waals surface area contributed by atoms with Gasteiger partial charge < -0.3 is 14.9 Å². The number of likely N-dealkylation sites (tertiary alicyclic amines) is 1. The Morgan fingerprint density at radius 2 is 1.81 bits per heavy atom. The van der Waals surface area contributed by atoms with Crippen molar-refractivity contribution in [3.8, 4) is 0 Å². The van der Waals surface area contributed by atoms with Crippen LogP contribution in [0.25, 0.3) is 0 Å². The van der Waals surface area contributed by atoms with E-state index in [1.54, 1.807) is 16.2 Å². The lowest BCUT2D eigenvalue weighted by Gasteiger charge is -2.48. The first-order valence-electron chi connectivity index (χ1n) is 7.98. The second-order valence-electron chi connectivity index (χ2n) is 6.92. The first-order valence-corrected chi connectivity index (χ1v) is 8.86. The van der Waals surface area contributed by atoms with Gasteiger partial charge in [-0.25, -0.2) is 14.2 Å². The van der Waals surface area contributed by atoms with Crippen LogP contribution in [0.15, 0.2) is 11.6 Å². The Morgan fingerprint density at radius 3 is 2.27 bits per heavy atom. The lowest BCUT2D eigenvalue weighted by Crippen LogP contribution is -2.61. The fraction of sp³-hybridized carbons (Fsp3) is 0.667. The number of anilines is 1. The number of carbonyl (C=O) groups excluding carboxylic acids is 1. The van der Waals surface area contributed by atoms with Crippen LogP contribution in [-0.4, -0.2) is 64.9 Å². The Balaban J connectivity index is 0.000000242. The van der Waals surface area contributed by atoms with Crippen LogP contribution in [0.3, 0.4) is 0 Å². The second kappa shape index (κ2) is 6.36. The first-order chi connectivity index (χ1) is 12.0. The van der Waals surface area contributed by atoms with Crippen molar-refractivity contribution < 1.29 is 32.3 Å². The van der Waals surface area contributed by atoms with Crippen molar-refractivity contribution in [2.45, 2.75) is 31.1 Å². The highest BCUT2D eigenvalue weighted by molar-refractivity contribution is 7.13. The zero-order chi connectivity index (χ0) is 19.2. The number of rotatable bonds is 2. The molecular weight excluding hydrogens is 378 g/mol. The van der Waals surface area contributed by atoms with E-state index in [1.165, 1.54) is 0 Å². The van der Waals surface area contributed by atoms with E-state index in [0.717, 1.165) is 37.7 Å². The van der Waals surface area contributed by atoms with E-state index in [-0.39, 0.29) is 11.3 Å². The normalized spacial score (nSPS) is 22.5. The minimum atomic E-state index is -5.08. The number of nitrogens with zero attached hydrogens (tertiary/aromatic N) is 3. The van der Waals surface area contributed by atoms with Crippen LogP contribution in [0.5, 0.6) is 0 Å². The summed E-state index contributed by atoms with van der Waals surface area (Å²) in [7, 11) is 0. The number of hydrogen-bond acceptors (Lipinski definition) is 5. The summed E-state index contributed by atoms with van der Waals surface area (Å²) in [5.74, 6) is -3.03. The van der Waals surface area contributed by atoms with Crippen molar-refractivity contribution in [3.05, 3.63) is 11.6 Å². The summed E-state index contributed by atoms with van der Waals surface area (Å²) in [5.41, 5.74) is -1.32. The Bertz CT molecular complexity index is 685. The summed E-state index contributed by atoms with van der Waals surface area (Å²) in [6.07, 6.45) is -1.35. The van der Waals surface area contributed by atoms with Crippen molar-refractivity contribution in [1.82, 2.24) is 9.88 Å². The number of thiazole rings is 1. The quantitative estimate of drug-likeness (QED) is 0.778. The monoisotopic (exact) mass is 395 g/mol. The summed E-state index contributed by atoms with van der Waals surface area (Å²) in [4.78, 5) is 29.1. The molecular formula is C15H17F4N3O3S. The average Bonchev–Trinajstić information content (AvgIpc) is 2.96. The Kier molecular flexibility index (Phi) is 4.62. The van der Waals surface area contributed by atoms with Gasteiger partial charge in [0, 0.05) is 43.2 Å². The maximum Gasteiger partial charge on any atom is 0.490 e. The number of carboxylic acid groups (broad SMARTS) is 1. The maximum atomic E-state index is 13.7. The predicted molar refractivity (Wildman–Crippen MR) is 84.7 cm³/mol. The largest absolute Gasteiger partial charge is 0.490 e. The van der Waals surface area contributed by atoms with Crippen LogP contribution in [0.2, 0.25) is 0 Å². The van der Waals surface area contributed by atoms with Crippen molar-refractivity contribution in [2.24, 2.45) is 5.41 Å². The molecule has 1 amide bonds. The highest BCUT2D eigenvalue weighted by Gasteiger charge is 2.58. The molecule has 0 aromatic carbocycles. The summed E-state index contributed by atoms with van der Waals surface area (Å²) in [6.45, 7) is 3.39. The van der Waals surface area contributed by atoms with E-state index in [9.17, 15) is 22.4 Å². The molecule has 144 valence electrons. The van der Waals surface area contributed by atoms with Gasteiger partial charge in [-0.05, 0) is 19.3 Å². The third-order valence-electron chi connectivity index (χ3n) is 4.78. The molecule has 1 saturated carbocycles. The Morgan fingerprint density at radius 1 is 1.19 bits per heavy atom. The smallest absolute Gasteiger partial charge is 0.475 e. The maximum absolute atomic E-state index is 13.7. The van der Waals surface area contributed by atoms with Crippen LogP contribution in [0, 0.1) is 5.41 Å². The molecule has 0 atom stereocenters. The third kappa shape index (κ3) is 3.76. The SMILES string of the molecule is O=C(N1CC2(CCN(c3nccs3)C2)C1)C1(F)CC1.O=C(O)C(F)(F)F. The van der Waals surface area contributed by atoms with E-state index < -0.39 is 17.8 Å². The molecule has 3 aliphatic rings. The van der Waals surface area contributed by atoms with Crippen LogP contribution < -0.4 is 4.90 Å². The lowest BCUT2D eigenvalue weighted by molar-refractivity contribution is -0.192. The lowest BCUT2D eigenvalue weighted by atomic mass is 9.79. The first kappa shape index (κ1) is 18.9. The van der Waals surface area contributed by atoms with Gasteiger partial charge in [-0.15, -0.1) is 11.3 Å². The molecule has 0 unspecified atom stereocenters. The topological polar surface area (TPSA) is 73.7 Å². The zero-order valence-corrected chi connectivity index (χ0v) is 14.4. The van der Waals surface area contributed by atoms with Crippen LogP contribution in [0.1, 0.15) is 19.3 Å². The molecule has 2 aliphatic heterocycles. The number of amides is 1. The van der Waals surface area contributed by atoms with Crippen molar-refractivity contribution >= 4 is 28.3 Å². The Labute approximate surface area is 150 Å². The average molecular weight is 395 g/mol. The van der Waals surface area contributed by atoms with Gasteiger partial charge in [0.25, 0.3) is 5.91 Å².